The summed E-state index contributed by atoms with van der Waals surface area (Å²) in [5, 5.41) is 2.82. The SMILES string of the molecule is CN(C)CCN(C)c1ccc(C(F)(F)F)cc1NC(=O)c1cc(I)ccc1Cl. The maximum atomic E-state index is 13.2. The van der Waals surface area contributed by atoms with E-state index >= 15 is 0 Å². The number of carbonyl (C=O) groups excluding carboxylic acids is 1. The Kier molecular flexibility index (Phi) is 7.58. The second-order valence-corrected chi connectivity index (χ2v) is 8.19. The Morgan fingerprint density at radius 1 is 1.11 bits per heavy atom. The Hall–Kier alpha value is -1.52. The van der Waals surface area contributed by atoms with Crippen LogP contribution in [-0.4, -0.2) is 45.0 Å². The number of hydrogen-bond acceptors (Lipinski definition) is 3. The summed E-state index contributed by atoms with van der Waals surface area (Å²) in [6.45, 7) is 1.28. The van der Waals surface area contributed by atoms with Crippen molar-refractivity contribution >= 4 is 51.5 Å². The van der Waals surface area contributed by atoms with Crippen molar-refractivity contribution in [1.29, 1.82) is 0 Å². The van der Waals surface area contributed by atoms with Gasteiger partial charge in [-0.05, 0) is 73.1 Å². The number of halogens is 5. The lowest BCUT2D eigenvalue weighted by molar-refractivity contribution is -0.137. The van der Waals surface area contributed by atoms with E-state index in [1.807, 2.05) is 41.6 Å². The third-order valence-corrected chi connectivity index (χ3v) is 5.04. The van der Waals surface area contributed by atoms with E-state index in [4.69, 9.17) is 11.6 Å². The monoisotopic (exact) mass is 525 g/mol. The largest absolute Gasteiger partial charge is 0.416 e. The second kappa shape index (κ2) is 9.32. The third-order valence-electron chi connectivity index (χ3n) is 4.04. The fraction of sp³-hybridized carbons (Fsp3) is 0.316. The highest BCUT2D eigenvalue weighted by molar-refractivity contribution is 14.1. The molecule has 0 aliphatic heterocycles. The lowest BCUT2D eigenvalue weighted by Gasteiger charge is -2.25. The van der Waals surface area contributed by atoms with Gasteiger partial charge in [0, 0.05) is 23.7 Å². The quantitative estimate of drug-likeness (QED) is 0.526. The number of amides is 1. The lowest BCUT2D eigenvalue weighted by Crippen LogP contribution is -2.29. The number of rotatable bonds is 6. The van der Waals surface area contributed by atoms with E-state index in [2.05, 4.69) is 5.32 Å². The standard InChI is InChI=1S/C19H20ClF3IN3O/c1-26(2)8-9-27(3)17-7-4-12(19(21,22)23)10-16(17)25-18(28)14-11-13(24)5-6-15(14)20/h4-7,10-11H,8-9H2,1-3H3,(H,25,28). The summed E-state index contributed by atoms with van der Waals surface area (Å²) >= 11 is 8.12. The summed E-state index contributed by atoms with van der Waals surface area (Å²) in [6.07, 6.45) is -4.51. The van der Waals surface area contributed by atoms with Gasteiger partial charge in [0.1, 0.15) is 0 Å². The van der Waals surface area contributed by atoms with Crippen LogP contribution in [0.4, 0.5) is 24.5 Å². The van der Waals surface area contributed by atoms with Crippen molar-refractivity contribution in [3.8, 4) is 0 Å². The number of nitrogens with one attached hydrogen (secondary N) is 1. The molecular weight excluding hydrogens is 506 g/mol. The molecule has 1 N–H and O–H groups in total. The molecule has 0 saturated carbocycles. The second-order valence-electron chi connectivity index (χ2n) is 6.53. The average molecular weight is 526 g/mol. The predicted octanol–water partition coefficient (Wildman–Crippen LogP) is 5.21. The molecule has 0 radical (unpaired) electrons. The Labute approximate surface area is 180 Å². The molecule has 0 heterocycles. The molecule has 0 spiro atoms. The third kappa shape index (κ3) is 5.99. The van der Waals surface area contributed by atoms with Crippen molar-refractivity contribution in [3.05, 3.63) is 56.1 Å². The van der Waals surface area contributed by atoms with Gasteiger partial charge >= 0.3 is 6.18 Å². The van der Waals surface area contributed by atoms with E-state index in [-0.39, 0.29) is 16.3 Å². The molecular formula is C19H20ClF3IN3O. The van der Waals surface area contributed by atoms with Crippen molar-refractivity contribution in [2.24, 2.45) is 0 Å². The Balaban J connectivity index is 2.40. The van der Waals surface area contributed by atoms with Gasteiger partial charge in [0.05, 0.1) is 27.5 Å². The van der Waals surface area contributed by atoms with Gasteiger partial charge in [-0.2, -0.15) is 13.2 Å². The molecule has 9 heteroatoms. The summed E-state index contributed by atoms with van der Waals surface area (Å²) in [6, 6.07) is 8.22. The molecule has 0 aliphatic rings. The van der Waals surface area contributed by atoms with Crippen LogP contribution in [-0.2, 0) is 6.18 Å². The molecule has 0 aliphatic carbocycles. The van der Waals surface area contributed by atoms with E-state index in [9.17, 15) is 18.0 Å². The van der Waals surface area contributed by atoms with Crippen LogP contribution in [0.5, 0.6) is 0 Å². The molecule has 2 rings (SSSR count). The molecule has 4 nitrogen and oxygen atoms in total. The average Bonchev–Trinajstić information content (AvgIpc) is 2.60. The minimum atomic E-state index is -4.51. The molecule has 0 bridgehead atoms. The number of anilines is 2. The molecule has 2 aromatic rings. The van der Waals surface area contributed by atoms with Crippen LogP contribution in [0, 0.1) is 3.57 Å². The Morgan fingerprint density at radius 2 is 1.79 bits per heavy atom. The van der Waals surface area contributed by atoms with Gasteiger partial charge in [0.2, 0.25) is 0 Å². The molecule has 0 saturated heterocycles. The van der Waals surface area contributed by atoms with Gasteiger partial charge in [-0.25, -0.2) is 0 Å². The van der Waals surface area contributed by atoms with Crippen LogP contribution in [0.3, 0.4) is 0 Å². The fourth-order valence-corrected chi connectivity index (χ4v) is 3.17. The van der Waals surface area contributed by atoms with Crippen molar-refractivity contribution in [1.82, 2.24) is 4.90 Å². The maximum Gasteiger partial charge on any atom is 0.416 e. The summed E-state index contributed by atoms with van der Waals surface area (Å²) in [5.41, 5.74) is -0.0601. The van der Waals surface area contributed by atoms with E-state index in [0.29, 0.717) is 18.8 Å². The molecule has 152 valence electrons. The van der Waals surface area contributed by atoms with E-state index < -0.39 is 17.6 Å². The molecule has 0 atom stereocenters. The summed E-state index contributed by atoms with van der Waals surface area (Å²) < 4.78 is 40.3. The minimum Gasteiger partial charge on any atom is -0.372 e. The van der Waals surface area contributed by atoms with Gasteiger partial charge in [-0.1, -0.05) is 11.6 Å². The van der Waals surface area contributed by atoms with E-state index in [0.717, 1.165) is 15.7 Å². The summed E-state index contributed by atoms with van der Waals surface area (Å²) in [5.74, 6) is -0.565. The van der Waals surface area contributed by atoms with Gasteiger partial charge in [-0.3, -0.25) is 4.79 Å². The lowest BCUT2D eigenvalue weighted by atomic mass is 10.1. The molecule has 1 amide bonds. The normalized spacial score (nSPS) is 11.6. The van der Waals surface area contributed by atoms with Crippen LogP contribution in [0.15, 0.2) is 36.4 Å². The van der Waals surface area contributed by atoms with E-state index in [1.165, 1.54) is 6.07 Å². The number of benzene rings is 2. The topological polar surface area (TPSA) is 35.6 Å². The van der Waals surface area contributed by atoms with Gasteiger partial charge in [0.25, 0.3) is 5.91 Å². The molecule has 0 unspecified atom stereocenters. The van der Waals surface area contributed by atoms with Crippen LogP contribution in [0.1, 0.15) is 15.9 Å². The zero-order valence-corrected chi connectivity index (χ0v) is 18.5. The Morgan fingerprint density at radius 3 is 2.39 bits per heavy atom. The van der Waals surface area contributed by atoms with Gasteiger partial charge in [-0.15, -0.1) is 0 Å². The fourth-order valence-electron chi connectivity index (χ4n) is 2.48. The minimum absolute atomic E-state index is 0.0796. The van der Waals surface area contributed by atoms with Crippen LogP contribution in [0.2, 0.25) is 5.02 Å². The first-order chi connectivity index (χ1) is 13.0. The smallest absolute Gasteiger partial charge is 0.372 e. The zero-order chi connectivity index (χ0) is 21.1. The van der Waals surface area contributed by atoms with Crippen molar-refractivity contribution < 1.29 is 18.0 Å². The van der Waals surface area contributed by atoms with Crippen molar-refractivity contribution in [2.75, 3.05) is 44.4 Å². The molecule has 0 fully saturated rings. The highest BCUT2D eigenvalue weighted by Crippen LogP contribution is 2.35. The van der Waals surface area contributed by atoms with Crippen LogP contribution in [0.25, 0.3) is 0 Å². The van der Waals surface area contributed by atoms with Gasteiger partial charge in [0.15, 0.2) is 0 Å². The highest BCUT2D eigenvalue weighted by Gasteiger charge is 2.31. The number of alkyl halides is 3. The van der Waals surface area contributed by atoms with Gasteiger partial charge < -0.3 is 15.1 Å². The van der Waals surface area contributed by atoms with Crippen LogP contribution >= 0.6 is 34.2 Å². The number of hydrogen-bond donors (Lipinski definition) is 1. The highest BCUT2D eigenvalue weighted by atomic mass is 127. The summed E-state index contributed by atoms with van der Waals surface area (Å²) in [4.78, 5) is 16.4. The van der Waals surface area contributed by atoms with Crippen molar-refractivity contribution in [2.45, 2.75) is 6.18 Å². The Bertz CT molecular complexity index is 859. The maximum absolute atomic E-state index is 13.2. The molecule has 0 aromatic heterocycles. The zero-order valence-electron chi connectivity index (χ0n) is 15.6. The number of carbonyl (C=O) groups is 1. The molecule has 28 heavy (non-hydrogen) atoms. The summed E-state index contributed by atoms with van der Waals surface area (Å²) in [7, 11) is 5.57. The molecule has 2 aromatic carbocycles. The van der Waals surface area contributed by atoms with Crippen molar-refractivity contribution in [3.63, 3.8) is 0 Å². The number of likely N-dealkylation sites (N-methyl/N-ethyl adjacent to an activating group) is 2. The van der Waals surface area contributed by atoms with Crippen LogP contribution < -0.4 is 10.2 Å². The predicted molar refractivity (Wildman–Crippen MR) is 115 cm³/mol. The first-order valence-electron chi connectivity index (χ1n) is 8.32. The number of nitrogens with zero attached hydrogens (tertiary/aromatic N) is 2. The first kappa shape index (κ1) is 22.8. The first-order valence-corrected chi connectivity index (χ1v) is 9.78. The van der Waals surface area contributed by atoms with E-state index in [1.54, 1.807) is 30.1 Å².